The lowest BCUT2D eigenvalue weighted by Gasteiger charge is -2.10. The summed E-state index contributed by atoms with van der Waals surface area (Å²) in [5.74, 6) is -0.333. The molecule has 6 nitrogen and oxygen atoms in total. The Balaban J connectivity index is 2.48. The first-order valence-corrected chi connectivity index (χ1v) is 6.98. The predicted molar refractivity (Wildman–Crippen MR) is 70.5 cm³/mol. The standard InChI is InChI=1S/C10H8F3N5OS2/c1-4-16-17-9(20-4)21-8-5(7(14)18-19)2-3-6(15-8)10(11,12)13/h2-3,19H,1H3,(H2,14,18). The number of aryl methyl sites for hydroxylation is 1. The molecule has 0 radical (unpaired) electrons. The van der Waals surface area contributed by atoms with Crippen LogP contribution in [0.25, 0.3) is 0 Å². The maximum absolute atomic E-state index is 12.7. The Hall–Kier alpha value is -1.88. The van der Waals surface area contributed by atoms with Crippen molar-refractivity contribution in [2.75, 3.05) is 0 Å². The highest BCUT2D eigenvalue weighted by atomic mass is 32.2. The topological polar surface area (TPSA) is 97.3 Å². The summed E-state index contributed by atoms with van der Waals surface area (Å²) in [4.78, 5) is 3.52. The van der Waals surface area contributed by atoms with Crippen LogP contribution in [-0.2, 0) is 6.18 Å². The number of hydrogen-bond donors (Lipinski definition) is 2. The first kappa shape index (κ1) is 15.5. The average molecular weight is 335 g/mol. The molecule has 0 saturated heterocycles. The monoisotopic (exact) mass is 335 g/mol. The molecular formula is C10H8F3N5OS2. The summed E-state index contributed by atoms with van der Waals surface area (Å²) >= 11 is 2.07. The second kappa shape index (κ2) is 5.85. The molecule has 2 aromatic heterocycles. The van der Waals surface area contributed by atoms with Gasteiger partial charge in [0.1, 0.15) is 15.7 Å². The van der Waals surface area contributed by atoms with Gasteiger partial charge >= 0.3 is 6.18 Å². The van der Waals surface area contributed by atoms with Gasteiger partial charge in [-0.1, -0.05) is 16.5 Å². The molecule has 11 heteroatoms. The molecule has 112 valence electrons. The first-order valence-electron chi connectivity index (χ1n) is 5.35. The molecule has 0 atom stereocenters. The first-order chi connectivity index (χ1) is 9.81. The Labute approximate surface area is 124 Å². The second-order valence-corrected chi connectivity index (χ2v) is 6.14. The Morgan fingerprint density at radius 1 is 1.38 bits per heavy atom. The van der Waals surface area contributed by atoms with Gasteiger partial charge in [-0.2, -0.15) is 13.2 Å². The number of amidine groups is 1. The van der Waals surface area contributed by atoms with Crippen LogP contribution in [-0.4, -0.2) is 26.2 Å². The van der Waals surface area contributed by atoms with Gasteiger partial charge in [0, 0.05) is 0 Å². The summed E-state index contributed by atoms with van der Waals surface area (Å²) in [6, 6.07) is 1.86. The van der Waals surface area contributed by atoms with E-state index < -0.39 is 11.9 Å². The largest absolute Gasteiger partial charge is 0.433 e. The van der Waals surface area contributed by atoms with Gasteiger partial charge in [0.05, 0.1) is 5.56 Å². The maximum atomic E-state index is 12.7. The minimum absolute atomic E-state index is 0.0590. The van der Waals surface area contributed by atoms with Gasteiger partial charge in [0.25, 0.3) is 0 Å². The van der Waals surface area contributed by atoms with Crippen molar-refractivity contribution in [1.82, 2.24) is 15.2 Å². The third-order valence-electron chi connectivity index (χ3n) is 2.23. The van der Waals surface area contributed by atoms with Crippen molar-refractivity contribution >= 4 is 28.9 Å². The van der Waals surface area contributed by atoms with Gasteiger partial charge in [-0.3, -0.25) is 0 Å². The number of rotatable bonds is 3. The quantitative estimate of drug-likeness (QED) is 0.387. The van der Waals surface area contributed by atoms with Crippen molar-refractivity contribution in [3.8, 4) is 0 Å². The molecule has 2 rings (SSSR count). The third-order valence-corrected chi connectivity index (χ3v) is 4.12. The number of nitrogens with two attached hydrogens (primary N) is 1. The minimum atomic E-state index is -4.59. The van der Waals surface area contributed by atoms with E-state index in [0.717, 1.165) is 23.9 Å². The fourth-order valence-corrected chi connectivity index (χ4v) is 3.18. The lowest BCUT2D eigenvalue weighted by molar-refractivity contribution is -0.141. The van der Waals surface area contributed by atoms with E-state index in [9.17, 15) is 13.2 Å². The predicted octanol–water partition coefficient (Wildman–Crippen LogP) is 2.51. The molecule has 0 spiro atoms. The Morgan fingerprint density at radius 2 is 2.10 bits per heavy atom. The molecule has 0 aliphatic carbocycles. The minimum Gasteiger partial charge on any atom is -0.409 e. The van der Waals surface area contributed by atoms with E-state index in [2.05, 4.69) is 20.3 Å². The van der Waals surface area contributed by atoms with Gasteiger partial charge < -0.3 is 10.9 Å². The van der Waals surface area contributed by atoms with Crippen LogP contribution in [0.4, 0.5) is 13.2 Å². The van der Waals surface area contributed by atoms with Crippen molar-refractivity contribution in [3.05, 3.63) is 28.4 Å². The van der Waals surface area contributed by atoms with Crippen LogP contribution in [0.5, 0.6) is 0 Å². The highest BCUT2D eigenvalue weighted by Crippen LogP contribution is 2.34. The SMILES string of the molecule is Cc1nnc(Sc2nc(C(F)(F)F)ccc2C(N)=NO)s1. The van der Waals surface area contributed by atoms with Crippen molar-refractivity contribution < 1.29 is 18.4 Å². The molecule has 3 N–H and O–H groups in total. The summed E-state index contributed by atoms with van der Waals surface area (Å²) < 4.78 is 38.6. The van der Waals surface area contributed by atoms with Crippen LogP contribution in [0.1, 0.15) is 16.3 Å². The van der Waals surface area contributed by atoms with Gasteiger partial charge in [-0.15, -0.1) is 10.2 Å². The number of halogens is 3. The highest BCUT2D eigenvalue weighted by Gasteiger charge is 2.33. The molecule has 0 fully saturated rings. The fraction of sp³-hybridized carbons (Fsp3) is 0.200. The number of aromatic nitrogens is 3. The summed E-state index contributed by atoms with van der Waals surface area (Å²) in [6.07, 6.45) is -4.59. The zero-order valence-electron chi connectivity index (χ0n) is 10.4. The van der Waals surface area contributed by atoms with Crippen molar-refractivity contribution in [2.24, 2.45) is 10.9 Å². The van der Waals surface area contributed by atoms with Crippen molar-refractivity contribution in [3.63, 3.8) is 0 Å². The van der Waals surface area contributed by atoms with E-state index >= 15 is 0 Å². The van der Waals surface area contributed by atoms with Gasteiger partial charge in [-0.25, -0.2) is 4.98 Å². The van der Waals surface area contributed by atoms with Crippen LogP contribution >= 0.6 is 23.1 Å². The lowest BCUT2D eigenvalue weighted by atomic mass is 10.2. The van der Waals surface area contributed by atoms with Crippen molar-refractivity contribution in [1.29, 1.82) is 0 Å². The molecular weight excluding hydrogens is 327 g/mol. The van der Waals surface area contributed by atoms with E-state index in [0.29, 0.717) is 9.35 Å². The van der Waals surface area contributed by atoms with Gasteiger partial charge in [0.2, 0.25) is 0 Å². The number of oxime groups is 1. The summed E-state index contributed by atoms with van der Waals surface area (Å²) in [7, 11) is 0. The van der Waals surface area contributed by atoms with E-state index in [1.165, 1.54) is 11.3 Å². The van der Waals surface area contributed by atoms with Crippen LogP contribution < -0.4 is 5.73 Å². The summed E-state index contributed by atoms with van der Waals surface area (Å²) in [6.45, 7) is 1.71. The fourth-order valence-electron chi connectivity index (χ4n) is 1.33. The Morgan fingerprint density at radius 3 is 2.62 bits per heavy atom. The normalized spacial score (nSPS) is 12.7. The lowest BCUT2D eigenvalue weighted by Crippen LogP contribution is -2.17. The zero-order chi connectivity index (χ0) is 15.6. The van der Waals surface area contributed by atoms with Crippen LogP contribution in [0.2, 0.25) is 0 Å². The molecule has 0 aliphatic rings. The molecule has 0 aromatic carbocycles. The van der Waals surface area contributed by atoms with Gasteiger partial charge in [0.15, 0.2) is 10.2 Å². The van der Waals surface area contributed by atoms with Crippen LogP contribution in [0, 0.1) is 6.92 Å². The van der Waals surface area contributed by atoms with E-state index in [-0.39, 0.29) is 16.4 Å². The molecule has 0 amide bonds. The third kappa shape index (κ3) is 3.61. The van der Waals surface area contributed by atoms with Crippen LogP contribution in [0.15, 0.2) is 26.7 Å². The van der Waals surface area contributed by atoms with Gasteiger partial charge in [-0.05, 0) is 30.8 Å². The van der Waals surface area contributed by atoms with Crippen LogP contribution in [0.3, 0.4) is 0 Å². The highest BCUT2D eigenvalue weighted by molar-refractivity contribution is 8.01. The average Bonchev–Trinajstić information content (AvgIpc) is 2.82. The molecule has 0 unspecified atom stereocenters. The summed E-state index contributed by atoms with van der Waals surface area (Å²) in [5.41, 5.74) is 4.46. The van der Waals surface area contributed by atoms with E-state index in [1.54, 1.807) is 6.92 Å². The number of nitrogens with zero attached hydrogens (tertiary/aromatic N) is 4. The Bertz CT molecular complexity index is 686. The number of pyridine rings is 1. The van der Waals surface area contributed by atoms with E-state index in [1.807, 2.05) is 0 Å². The molecule has 2 heterocycles. The molecule has 0 aliphatic heterocycles. The maximum Gasteiger partial charge on any atom is 0.433 e. The van der Waals surface area contributed by atoms with E-state index in [4.69, 9.17) is 10.9 Å². The summed E-state index contributed by atoms with van der Waals surface area (Å²) in [5, 5.41) is 19.6. The number of hydrogen-bond acceptors (Lipinski definition) is 7. The smallest absolute Gasteiger partial charge is 0.409 e. The molecule has 2 aromatic rings. The zero-order valence-corrected chi connectivity index (χ0v) is 12.1. The molecule has 21 heavy (non-hydrogen) atoms. The van der Waals surface area contributed by atoms with Crippen molar-refractivity contribution in [2.45, 2.75) is 22.5 Å². The Kier molecular flexibility index (Phi) is 4.32. The molecule has 0 bridgehead atoms. The molecule has 0 saturated carbocycles. The number of alkyl halides is 3. The second-order valence-electron chi connectivity index (χ2n) is 3.72.